The first-order valence-electron chi connectivity index (χ1n) is 9.37. The number of ketones is 1. The van der Waals surface area contributed by atoms with Crippen LogP contribution < -0.4 is 14.8 Å². The molecular weight excluding hydrogens is 394 g/mol. The van der Waals surface area contributed by atoms with Gasteiger partial charge in [0.15, 0.2) is 17.3 Å². The number of hydrogen-bond donors (Lipinski definition) is 1. The van der Waals surface area contributed by atoms with Crippen molar-refractivity contribution in [1.82, 2.24) is 5.32 Å². The minimum Gasteiger partial charge on any atom is -0.422 e. The van der Waals surface area contributed by atoms with Gasteiger partial charge in [-0.1, -0.05) is 0 Å². The summed E-state index contributed by atoms with van der Waals surface area (Å²) in [6.45, 7) is 16.4. The third-order valence-corrected chi connectivity index (χ3v) is 3.68. The van der Waals surface area contributed by atoms with Crippen molar-refractivity contribution in [2.75, 3.05) is 6.54 Å². The summed E-state index contributed by atoms with van der Waals surface area (Å²) in [5.41, 5.74) is -1.32. The van der Waals surface area contributed by atoms with Crippen molar-refractivity contribution in [3.05, 3.63) is 23.8 Å². The Labute approximate surface area is 180 Å². The molecule has 0 aromatic heterocycles. The van der Waals surface area contributed by atoms with Crippen molar-refractivity contribution in [3.8, 4) is 11.5 Å². The summed E-state index contributed by atoms with van der Waals surface area (Å²) < 4.78 is 10.9. The van der Waals surface area contributed by atoms with Crippen LogP contribution in [0.3, 0.4) is 0 Å². The Morgan fingerprint density at radius 3 is 1.66 bits per heavy atom. The fraction of sp³-hybridized carbons (Fsp3) is 0.591. The summed E-state index contributed by atoms with van der Waals surface area (Å²) in [6, 6.07) is 4.49. The normalized spacial score (nSPS) is 12.0. The zero-order valence-corrected chi connectivity index (χ0v) is 19.7. The van der Waals surface area contributed by atoms with Crippen LogP contribution in [0, 0.1) is 10.8 Å². The van der Waals surface area contributed by atoms with Gasteiger partial charge < -0.3 is 14.8 Å². The molecule has 0 fully saturated rings. The highest BCUT2D eigenvalue weighted by Gasteiger charge is 2.28. The number of rotatable bonds is 5. The average molecular weight is 428 g/mol. The van der Waals surface area contributed by atoms with Crippen molar-refractivity contribution < 1.29 is 23.9 Å². The molecule has 0 aliphatic carbocycles. The van der Waals surface area contributed by atoms with Gasteiger partial charge in [-0.25, -0.2) is 0 Å². The van der Waals surface area contributed by atoms with Crippen LogP contribution >= 0.6 is 12.4 Å². The Morgan fingerprint density at radius 1 is 0.793 bits per heavy atom. The highest BCUT2D eigenvalue weighted by Crippen LogP contribution is 2.32. The molecule has 164 valence electrons. The summed E-state index contributed by atoms with van der Waals surface area (Å²) in [5.74, 6) is -0.944. The number of nitrogens with one attached hydrogen (secondary N) is 1. The van der Waals surface area contributed by atoms with E-state index in [9.17, 15) is 14.4 Å². The molecule has 0 saturated carbocycles. The summed E-state index contributed by atoms with van der Waals surface area (Å²) in [6.07, 6.45) is 0. The molecule has 1 aromatic rings. The van der Waals surface area contributed by atoms with Crippen LogP contribution in [0.2, 0.25) is 0 Å². The van der Waals surface area contributed by atoms with Gasteiger partial charge in [-0.05, 0) is 80.5 Å². The van der Waals surface area contributed by atoms with Crippen LogP contribution in [0.1, 0.15) is 72.7 Å². The zero-order chi connectivity index (χ0) is 21.9. The molecule has 0 aliphatic heterocycles. The molecule has 0 unspecified atom stereocenters. The van der Waals surface area contributed by atoms with E-state index < -0.39 is 22.8 Å². The molecule has 0 saturated heterocycles. The van der Waals surface area contributed by atoms with Crippen molar-refractivity contribution in [2.45, 2.75) is 67.9 Å². The van der Waals surface area contributed by atoms with Gasteiger partial charge in [0.05, 0.1) is 17.4 Å². The van der Waals surface area contributed by atoms with E-state index in [1.54, 1.807) is 47.6 Å². The SMILES string of the molecule is CC(C)(C)NCC(=O)c1ccc(OC(=O)C(C)(C)C)c(OC(=O)C(C)(C)C)c1.Cl. The predicted octanol–water partition coefficient (Wildman–Crippen LogP) is 4.58. The number of Topliss-reactive ketones (excluding diaryl/α,β-unsaturated/α-hetero) is 1. The second kappa shape index (κ2) is 9.72. The molecule has 6 nitrogen and oxygen atoms in total. The Balaban J connectivity index is 0.00000784. The molecule has 0 amide bonds. The van der Waals surface area contributed by atoms with Gasteiger partial charge in [0.1, 0.15) is 0 Å². The zero-order valence-electron chi connectivity index (χ0n) is 18.9. The minimum atomic E-state index is -0.751. The topological polar surface area (TPSA) is 81.7 Å². The molecule has 29 heavy (non-hydrogen) atoms. The molecule has 0 spiro atoms. The maximum Gasteiger partial charge on any atom is 0.316 e. The Morgan fingerprint density at radius 2 is 1.24 bits per heavy atom. The molecular formula is C22H34ClNO5. The first kappa shape index (κ1) is 27.1. The summed E-state index contributed by atoms with van der Waals surface area (Å²) in [4.78, 5) is 37.1. The molecule has 0 aliphatic rings. The Bertz CT molecular complexity index is 752. The highest BCUT2D eigenvalue weighted by molar-refractivity contribution is 5.98. The van der Waals surface area contributed by atoms with E-state index in [1.165, 1.54) is 12.1 Å². The molecule has 0 bridgehead atoms. The average Bonchev–Trinajstić information content (AvgIpc) is 2.51. The number of hydrogen-bond acceptors (Lipinski definition) is 6. The second-order valence-corrected chi connectivity index (χ2v) is 9.97. The molecule has 0 radical (unpaired) electrons. The maximum absolute atomic E-state index is 12.5. The predicted molar refractivity (Wildman–Crippen MR) is 116 cm³/mol. The van der Waals surface area contributed by atoms with Gasteiger partial charge in [-0.2, -0.15) is 0 Å². The van der Waals surface area contributed by atoms with Crippen LogP contribution in [-0.2, 0) is 9.59 Å². The van der Waals surface area contributed by atoms with Gasteiger partial charge in [0, 0.05) is 11.1 Å². The lowest BCUT2D eigenvalue weighted by atomic mass is 9.97. The van der Waals surface area contributed by atoms with Crippen LogP contribution in [0.15, 0.2) is 18.2 Å². The smallest absolute Gasteiger partial charge is 0.316 e. The van der Waals surface area contributed by atoms with Gasteiger partial charge in [-0.3, -0.25) is 14.4 Å². The van der Waals surface area contributed by atoms with E-state index in [0.717, 1.165) is 0 Å². The first-order chi connectivity index (χ1) is 12.5. The van der Waals surface area contributed by atoms with Gasteiger partial charge in [0.2, 0.25) is 0 Å². The first-order valence-corrected chi connectivity index (χ1v) is 9.37. The lowest BCUT2D eigenvalue weighted by Crippen LogP contribution is -2.39. The minimum absolute atomic E-state index is 0. The fourth-order valence-corrected chi connectivity index (χ4v) is 1.80. The number of carbonyl (C=O) groups excluding carboxylic acids is 3. The standard InChI is InChI=1S/C22H33NO5.ClH/c1-20(2,3)18(25)27-16-11-10-14(15(24)13-23-22(7,8)9)12-17(16)28-19(26)21(4,5)6;/h10-12,23H,13H2,1-9H3;1H. The fourth-order valence-electron chi connectivity index (χ4n) is 1.80. The van der Waals surface area contributed by atoms with Crippen LogP contribution in [0.4, 0.5) is 0 Å². The van der Waals surface area contributed by atoms with Crippen molar-refractivity contribution >= 4 is 30.1 Å². The quantitative estimate of drug-likeness (QED) is 0.420. The maximum atomic E-state index is 12.5. The molecule has 1 rings (SSSR count). The van der Waals surface area contributed by atoms with E-state index in [0.29, 0.717) is 5.56 Å². The summed E-state index contributed by atoms with van der Waals surface area (Å²) >= 11 is 0. The summed E-state index contributed by atoms with van der Waals surface area (Å²) in [7, 11) is 0. The van der Waals surface area contributed by atoms with E-state index in [4.69, 9.17) is 9.47 Å². The molecule has 0 heterocycles. The largest absolute Gasteiger partial charge is 0.422 e. The Hall–Kier alpha value is -1.92. The number of benzene rings is 1. The van der Waals surface area contributed by atoms with Gasteiger partial charge in [0.25, 0.3) is 0 Å². The number of carbonyl (C=O) groups is 3. The van der Waals surface area contributed by atoms with Crippen molar-refractivity contribution in [1.29, 1.82) is 0 Å². The highest BCUT2D eigenvalue weighted by atomic mass is 35.5. The molecule has 1 N–H and O–H groups in total. The van der Waals surface area contributed by atoms with Crippen LogP contribution in [0.25, 0.3) is 0 Å². The second-order valence-electron chi connectivity index (χ2n) is 9.97. The van der Waals surface area contributed by atoms with Crippen molar-refractivity contribution in [3.63, 3.8) is 0 Å². The number of ether oxygens (including phenoxy) is 2. The number of halogens is 1. The van der Waals surface area contributed by atoms with E-state index in [1.807, 2.05) is 20.8 Å². The van der Waals surface area contributed by atoms with Crippen molar-refractivity contribution in [2.24, 2.45) is 10.8 Å². The van der Waals surface area contributed by atoms with Crippen LogP contribution in [0.5, 0.6) is 11.5 Å². The lowest BCUT2D eigenvalue weighted by Gasteiger charge is -2.21. The molecule has 1 aromatic carbocycles. The lowest BCUT2D eigenvalue weighted by molar-refractivity contribution is -0.145. The van der Waals surface area contributed by atoms with Gasteiger partial charge >= 0.3 is 11.9 Å². The third-order valence-electron chi connectivity index (χ3n) is 3.68. The number of esters is 2. The molecule has 0 atom stereocenters. The van der Waals surface area contributed by atoms with Gasteiger partial charge in [-0.15, -0.1) is 12.4 Å². The van der Waals surface area contributed by atoms with Crippen LogP contribution in [-0.4, -0.2) is 29.8 Å². The Kier molecular flexibility index (Phi) is 9.08. The van der Waals surface area contributed by atoms with E-state index in [2.05, 4.69) is 5.32 Å². The summed E-state index contributed by atoms with van der Waals surface area (Å²) in [5, 5.41) is 3.13. The molecule has 7 heteroatoms. The van der Waals surface area contributed by atoms with E-state index in [-0.39, 0.29) is 41.8 Å². The monoisotopic (exact) mass is 427 g/mol. The third kappa shape index (κ3) is 8.96. The van der Waals surface area contributed by atoms with E-state index >= 15 is 0 Å².